The Balaban J connectivity index is 1.36. The minimum atomic E-state index is -3.63. The van der Waals surface area contributed by atoms with Gasteiger partial charge in [-0.3, -0.25) is 4.79 Å². The maximum Gasteiger partial charge on any atom is 0.286 e. The molecule has 6 rings (SSSR count). The molecule has 3 aromatic rings. The van der Waals surface area contributed by atoms with Crippen LogP contribution in [-0.2, 0) is 14.8 Å². The van der Waals surface area contributed by atoms with Crippen LogP contribution in [0.25, 0.3) is 23.0 Å². The first-order chi connectivity index (χ1) is 19.8. The zero-order valence-electron chi connectivity index (χ0n) is 23.4. The van der Waals surface area contributed by atoms with E-state index in [2.05, 4.69) is 23.7 Å². The second kappa shape index (κ2) is 11.6. The van der Waals surface area contributed by atoms with Crippen molar-refractivity contribution in [2.75, 3.05) is 26.2 Å². The number of thioether (sulfide) groups is 1. The summed E-state index contributed by atoms with van der Waals surface area (Å²) in [5.41, 5.74) is 2.89. The molecule has 4 heterocycles. The molecule has 10 heteroatoms. The maximum absolute atomic E-state index is 13.5. The molecule has 0 N–H and O–H groups in total. The van der Waals surface area contributed by atoms with Crippen LogP contribution >= 0.6 is 11.8 Å². The Kier molecular flexibility index (Phi) is 7.89. The minimum absolute atomic E-state index is 0.253. The summed E-state index contributed by atoms with van der Waals surface area (Å²) >= 11 is 1.41. The number of carbonyl (C=O) groups excluding carboxylic acids is 1. The van der Waals surface area contributed by atoms with E-state index in [1.54, 1.807) is 27.2 Å². The molecule has 3 aliphatic rings. The number of hydrogen-bond acceptors (Lipinski definition) is 6. The second-order valence-corrected chi connectivity index (χ2v) is 14.3. The minimum Gasteiger partial charge on any atom is -0.351 e. The Labute approximate surface area is 246 Å². The average Bonchev–Trinajstić information content (AvgIpc) is 3.57. The van der Waals surface area contributed by atoms with Crippen LogP contribution in [0.3, 0.4) is 0 Å². The number of hydrogen-bond donors (Lipinski definition) is 0. The summed E-state index contributed by atoms with van der Waals surface area (Å²) in [7, 11) is -3.63. The van der Waals surface area contributed by atoms with E-state index in [0.717, 1.165) is 48.8 Å². The molecule has 0 aliphatic carbocycles. The molecule has 2 fully saturated rings. The molecule has 8 nitrogen and oxygen atoms in total. The summed E-state index contributed by atoms with van der Waals surface area (Å²) in [5.74, 6) is 0.851. The van der Waals surface area contributed by atoms with E-state index < -0.39 is 10.0 Å². The van der Waals surface area contributed by atoms with Crippen LogP contribution in [0.15, 0.2) is 75.6 Å². The van der Waals surface area contributed by atoms with Gasteiger partial charge in [0.25, 0.3) is 5.91 Å². The van der Waals surface area contributed by atoms with Crippen LogP contribution in [0.5, 0.6) is 0 Å². The highest BCUT2D eigenvalue weighted by atomic mass is 32.2. The molecule has 2 saturated heterocycles. The number of piperidine rings is 2. The molecule has 0 bridgehead atoms. The van der Waals surface area contributed by atoms with E-state index >= 15 is 0 Å². The number of benzene rings is 2. The van der Waals surface area contributed by atoms with E-state index in [-0.39, 0.29) is 10.8 Å². The fourth-order valence-corrected chi connectivity index (χ4v) is 8.10. The van der Waals surface area contributed by atoms with Crippen molar-refractivity contribution in [2.24, 2.45) is 16.8 Å². The SMILES string of the molecule is CC1CCN(S(=O)(=O)c2cccc(-c3nn(-c4ccccc4)cc3C=C3SC(N4CCCC(C)C4)=NC3=O)c2)CC1. The highest BCUT2D eigenvalue weighted by Crippen LogP contribution is 2.35. The molecule has 1 unspecified atom stereocenters. The van der Waals surface area contributed by atoms with E-state index in [0.29, 0.717) is 41.1 Å². The number of amidine groups is 1. The number of rotatable bonds is 5. The molecular weight excluding hydrogens is 555 g/mol. The Morgan fingerprint density at radius 2 is 1.73 bits per heavy atom. The van der Waals surface area contributed by atoms with Gasteiger partial charge in [-0.05, 0) is 79.6 Å². The van der Waals surface area contributed by atoms with Crippen molar-refractivity contribution in [3.05, 3.63) is 71.3 Å². The average molecular weight is 590 g/mol. The number of carbonyl (C=O) groups is 1. The van der Waals surface area contributed by atoms with E-state index in [9.17, 15) is 13.2 Å². The van der Waals surface area contributed by atoms with Gasteiger partial charge in [0.2, 0.25) is 10.0 Å². The largest absolute Gasteiger partial charge is 0.351 e. The molecule has 3 aliphatic heterocycles. The Hall–Kier alpha value is -3.21. The summed E-state index contributed by atoms with van der Waals surface area (Å²) in [6.45, 7) is 7.27. The molecule has 0 radical (unpaired) electrons. The van der Waals surface area contributed by atoms with Crippen LogP contribution < -0.4 is 0 Å². The standard InChI is InChI=1S/C31H35N5O3S2/c1-22-13-16-35(17-14-22)41(38,39)27-12-6-9-24(18-27)29-25(21-36(33-29)26-10-4-3-5-11-26)19-28-30(37)32-31(40-28)34-15-7-8-23(2)20-34/h3-6,9-12,18-19,21-23H,7-8,13-17,20H2,1-2H3. The van der Waals surface area contributed by atoms with Gasteiger partial charge < -0.3 is 4.90 Å². The molecule has 0 spiro atoms. The Morgan fingerprint density at radius 3 is 2.49 bits per heavy atom. The van der Waals surface area contributed by atoms with Gasteiger partial charge >= 0.3 is 0 Å². The summed E-state index contributed by atoms with van der Waals surface area (Å²) < 4.78 is 30.4. The summed E-state index contributed by atoms with van der Waals surface area (Å²) in [5, 5.41) is 5.64. The van der Waals surface area contributed by atoms with Gasteiger partial charge in [-0.2, -0.15) is 14.4 Å². The van der Waals surface area contributed by atoms with Crippen LogP contribution in [-0.4, -0.2) is 64.7 Å². The van der Waals surface area contributed by atoms with Gasteiger partial charge in [-0.15, -0.1) is 0 Å². The van der Waals surface area contributed by atoms with Crippen molar-refractivity contribution >= 4 is 38.9 Å². The topological polar surface area (TPSA) is 87.9 Å². The molecule has 1 amide bonds. The fraction of sp³-hybridized carbons (Fsp3) is 0.387. The first-order valence-electron chi connectivity index (χ1n) is 14.3. The number of aromatic nitrogens is 2. The van der Waals surface area contributed by atoms with Crippen molar-refractivity contribution in [3.8, 4) is 16.9 Å². The highest BCUT2D eigenvalue weighted by Gasteiger charge is 2.30. The maximum atomic E-state index is 13.5. The van der Waals surface area contributed by atoms with Crippen molar-refractivity contribution < 1.29 is 13.2 Å². The lowest BCUT2D eigenvalue weighted by molar-refractivity contribution is -0.113. The molecule has 0 saturated carbocycles. The molecule has 2 aromatic carbocycles. The Morgan fingerprint density at radius 1 is 0.951 bits per heavy atom. The summed E-state index contributed by atoms with van der Waals surface area (Å²) in [6, 6.07) is 16.7. The van der Waals surface area contributed by atoms with E-state index in [4.69, 9.17) is 5.10 Å². The van der Waals surface area contributed by atoms with Crippen molar-refractivity contribution in [1.82, 2.24) is 19.0 Å². The lowest BCUT2D eigenvalue weighted by atomic mass is 10.0. The van der Waals surface area contributed by atoms with Gasteiger partial charge in [-0.1, -0.05) is 44.2 Å². The zero-order valence-corrected chi connectivity index (χ0v) is 25.1. The lowest BCUT2D eigenvalue weighted by Crippen LogP contribution is -2.37. The van der Waals surface area contributed by atoms with Gasteiger partial charge in [0.05, 0.1) is 15.5 Å². The molecular formula is C31H35N5O3S2. The summed E-state index contributed by atoms with van der Waals surface area (Å²) in [4.78, 5) is 20.4. The van der Waals surface area contributed by atoms with Gasteiger partial charge in [-0.25, -0.2) is 13.1 Å². The number of likely N-dealkylation sites (tertiary alicyclic amines) is 1. The van der Waals surface area contributed by atoms with Gasteiger partial charge in [0.1, 0.15) is 5.69 Å². The highest BCUT2D eigenvalue weighted by molar-refractivity contribution is 8.18. The molecule has 41 heavy (non-hydrogen) atoms. The smallest absolute Gasteiger partial charge is 0.286 e. The van der Waals surface area contributed by atoms with Crippen molar-refractivity contribution in [2.45, 2.75) is 44.4 Å². The van der Waals surface area contributed by atoms with E-state index in [1.165, 1.54) is 18.2 Å². The monoisotopic (exact) mass is 589 g/mol. The van der Waals surface area contributed by atoms with E-state index in [1.807, 2.05) is 48.7 Å². The van der Waals surface area contributed by atoms with Crippen LogP contribution in [0.1, 0.15) is 45.1 Å². The number of aliphatic imine (C=N–C) groups is 1. The predicted molar refractivity (Wildman–Crippen MR) is 164 cm³/mol. The Bertz CT molecular complexity index is 1610. The second-order valence-electron chi connectivity index (χ2n) is 11.3. The van der Waals surface area contributed by atoms with Crippen molar-refractivity contribution in [1.29, 1.82) is 0 Å². The number of amides is 1. The third kappa shape index (κ3) is 5.91. The van der Waals surface area contributed by atoms with Crippen molar-refractivity contribution in [3.63, 3.8) is 0 Å². The lowest BCUT2D eigenvalue weighted by Gasteiger charge is -2.31. The first-order valence-corrected chi connectivity index (χ1v) is 16.6. The van der Waals surface area contributed by atoms with Crippen LogP contribution in [0.4, 0.5) is 0 Å². The third-order valence-electron chi connectivity index (χ3n) is 8.07. The fourth-order valence-electron chi connectivity index (χ4n) is 5.65. The molecule has 214 valence electrons. The third-order valence-corrected chi connectivity index (χ3v) is 11.0. The van der Waals surface area contributed by atoms with Crippen LogP contribution in [0.2, 0.25) is 0 Å². The summed E-state index contributed by atoms with van der Waals surface area (Å²) in [6.07, 6.45) is 7.75. The van der Waals surface area contributed by atoms with Gasteiger partial charge in [0, 0.05) is 43.5 Å². The van der Waals surface area contributed by atoms with Gasteiger partial charge in [0.15, 0.2) is 5.17 Å². The predicted octanol–water partition coefficient (Wildman–Crippen LogP) is 5.66. The quantitative estimate of drug-likeness (QED) is 0.357. The van der Waals surface area contributed by atoms with Crippen LogP contribution in [0, 0.1) is 11.8 Å². The number of nitrogens with zero attached hydrogens (tertiary/aromatic N) is 5. The molecule has 1 atom stereocenters. The number of sulfonamides is 1. The molecule has 1 aromatic heterocycles. The normalized spacial score (nSPS) is 22.0. The first kappa shape index (κ1) is 27.9. The zero-order chi connectivity index (χ0) is 28.6. The number of para-hydroxylation sites is 1.